The molecule has 184 valence electrons. The number of carbonyl (C=O) groups excluding carboxylic acids is 1. The van der Waals surface area contributed by atoms with E-state index >= 15 is 0 Å². The first-order chi connectivity index (χ1) is 16.7. The molecule has 2 saturated heterocycles. The molecule has 0 unspecified atom stereocenters. The summed E-state index contributed by atoms with van der Waals surface area (Å²) < 4.78 is 40.3. The minimum Gasteiger partial charge on any atom is -0.366 e. The first kappa shape index (κ1) is 23.5. The van der Waals surface area contributed by atoms with Crippen molar-refractivity contribution in [3.63, 3.8) is 0 Å². The van der Waals surface area contributed by atoms with Gasteiger partial charge in [0.2, 0.25) is 0 Å². The second-order valence-electron chi connectivity index (χ2n) is 9.45. The maximum atomic E-state index is 14.2. The van der Waals surface area contributed by atoms with Gasteiger partial charge in [-0.15, -0.1) is 0 Å². The summed E-state index contributed by atoms with van der Waals surface area (Å²) in [6.07, 6.45) is 0.483. The van der Waals surface area contributed by atoms with Crippen LogP contribution in [0.1, 0.15) is 34.1 Å². The second kappa shape index (κ2) is 9.11. The molecule has 3 aromatic rings. The summed E-state index contributed by atoms with van der Waals surface area (Å²) in [5.41, 5.74) is 4.79. The number of hydrogen-bond donors (Lipinski definition) is 0. The average molecular weight is 497 g/mol. The monoisotopic (exact) mass is 496 g/mol. The number of aryl methyl sites for hydroxylation is 2. The molecule has 7 nitrogen and oxygen atoms in total. The summed E-state index contributed by atoms with van der Waals surface area (Å²) in [7, 11) is -3.12. The van der Waals surface area contributed by atoms with Gasteiger partial charge in [0, 0.05) is 31.7 Å². The zero-order valence-corrected chi connectivity index (χ0v) is 20.8. The summed E-state index contributed by atoms with van der Waals surface area (Å²) >= 11 is 0. The standard InChI is InChI=1S/C26H29FN4O3S/c1-18-7-8-20(15-19(18)2)25-16-23(28-31(25)21-9-14-35(33,34)17-21)26(32)30-12-10-29(11-13-30)24-6-4-3-5-22(24)27/h3-8,15-16,21H,9-14,17H2,1-2H3/t21-/m1/s1. The van der Waals surface area contributed by atoms with E-state index < -0.39 is 9.84 Å². The van der Waals surface area contributed by atoms with Crippen LogP contribution in [0, 0.1) is 19.7 Å². The fourth-order valence-corrected chi connectivity index (χ4v) is 6.57. The minimum absolute atomic E-state index is 0.0292. The summed E-state index contributed by atoms with van der Waals surface area (Å²) in [6.45, 7) is 6.03. The van der Waals surface area contributed by atoms with Crippen LogP contribution in [-0.4, -0.2) is 66.7 Å². The quantitative estimate of drug-likeness (QED) is 0.552. The number of piperazine rings is 1. The van der Waals surface area contributed by atoms with Crippen molar-refractivity contribution in [1.29, 1.82) is 0 Å². The van der Waals surface area contributed by atoms with Gasteiger partial charge in [0.05, 0.1) is 28.9 Å². The van der Waals surface area contributed by atoms with Gasteiger partial charge in [-0.05, 0) is 55.7 Å². The fraction of sp³-hybridized carbons (Fsp3) is 0.385. The molecule has 2 fully saturated rings. The van der Waals surface area contributed by atoms with E-state index in [-0.39, 0.29) is 29.3 Å². The molecule has 0 bridgehead atoms. The number of aromatic nitrogens is 2. The summed E-state index contributed by atoms with van der Waals surface area (Å²) in [5, 5.41) is 4.64. The number of carbonyl (C=O) groups is 1. The lowest BCUT2D eigenvalue weighted by atomic mass is 10.0. The van der Waals surface area contributed by atoms with E-state index in [1.54, 1.807) is 33.8 Å². The first-order valence-electron chi connectivity index (χ1n) is 11.9. The molecule has 0 spiro atoms. The number of halogens is 1. The van der Waals surface area contributed by atoms with E-state index in [0.717, 1.165) is 22.4 Å². The number of rotatable bonds is 4. The molecule has 0 saturated carbocycles. The van der Waals surface area contributed by atoms with Gasteiger partial charge < -0.3 is 9.80 Å². The Morgan fingerprint density at radius 3 is 2.40 bits per heavy atom. The van der Waals surface area contributed by atoms with Gasteiger partial charge >= 0.3 is 0 Å². The van der Waals surface area contributed by atoms with Gasteiger partial charge in [-0.2, -0.15) is 5.10 Å². The van der Waals surface area contributed by atoms with Crippen LogP contribution in [0.15, 0.2) is 48.5 Å². The highest BCUT2D eigenvalue weighted by Gasteiger charge is 2.33. The molecule has 5 rings (SSSR count). The maximum Gasteiger partial charge on any atom is 0.274 e. The molecule has 2 aliphatic rings. The molecule has 35 heavy (non-hydrogen) atoms. The van der Waals surface area contributed by atoms with E-state index in [4.69, 9.17) is 0 Å². The molecule has 9 heteroatoms. The summed E-state index contributed by atoms with van der Waals surface area (Å²) in [5.74, 6) is -0.300. The van der Waals surface area contributed by atoms with Gasteiger partial charge in [-0.1, -0.05) is 24.3 Å². The largest absolute Gasteiger partial charge is 0.366 e. The van der Waals surface area contributed by atoms with Gasteiger partial charge in [0.1, 0.15) is 5.82 Å². The Labute approximate surface area is 205 Å². The third-order valence-corrected chi connectivity index (χ3v) is 8.82. The number of amides is 1. The molecule has 3 heterocycles. The van der Waals surface area contributed by atoms with Crippen LogP contribution in [-0.2, 0) is 9.84 Å². The number of nitrogens with zero attached hydrogens (tertiary/aromatic N) is 4. The van der Waals surface area contributed by atoms with E-state index in [0.29, 0.717) is 44.0 Å². The number of hydrogen-bond acceptors (Lipinski definition) is 5. The number of para-hydroxylation sites is 1. The van der Waals surface area contributed by atoms with Crippen LogP contribution >= 0.6 is 0 Å². The lowest BCUT2D eigenvalue weighted by Crippen LogP contribution is -2.49. The van der Waals surface area contributed by atoms with Crippen molar-refractivity contribution in [3.8, 4) is 11.3 Å². The molecule has 2 aromatic carbocycles. The van der Waals surface area contributed by atoms with Crippen molar-refractivity contribution in [2.75, 3.05) is 42.6 Å². The van der Waals surface area contributed by atoms with Gasteiger partial charge in [0.15, 0.2) is 15.5 Å². The highest BCUT2D eigenvalue weighted by molar-refractivity contribution is 7.91. The minimum atomic E-state index is -3.12. The first-order valence-corrected chi connectivity index (χ1v) is 13.7. The van der Waals surface area contributed by atoms with E-state index in [9.17, 15) is 17.6 Å². The second-order valence-corrected chi connectivity index (χ2v) is 11.7. The normalized spacial score (nSPS) is 19.8. The fourth-order valence-electron chi connectivity index (χ4n) is 4.88. The SMILES string of the molecule is Cc1ccc(-c2cc(C(=O)N3CCN(c4ccccc4F)CC3)nn2[C@@H]2CCS(=O)(=O)C2)cc1C. The number of benzene rings is 2. The third-order valence-electron chi connectivity index (χ3n) is 7.07. The van der Waals surface area contributed by atoms with E-state index in [1.165, 1.54) is 6.07 Å². The van der Waals surface area contributed by atoms with E-state index in [2.05, 4.69) is 5.10 Å². The highest BCUT2D eigenvalue weighted by atomic mass is 32.2. The van der Waals surface area contributed by atoms with Crippen LogP contribution in [0.4, 0.5) is 10.1 Å². The molecule has 0 aliphatic carbocycles. The van der Waals surface area contributed by atoms with Crippen LogP contribution in [0.5, 0.6) is 0 Å². The summed E-state index contributed by atoms with van der Waals surface area (Å²) in [4.78, 5) is 17.1. The predicted octanol–water partition coefficient (Wildman–Crippen LogP) is 3.63. The van der Waals surface area contributed by atoms with Gasteiger partial charge in [0.25, 0.3) is 5.91 Å². The maximum absolute atomic E-state index is 14.2. The average Bonchev–Trinajstić information content (AvgIpc) is 3.44. The lowest BCUT2D eigenvalue weighted by molar-refractivity contribution is 0.0739. The highest BCUT2D eigenvalue weighted by Crippen LogP contribution is 2.31. The van der Waals surface area contributed by atoms with Crippen molar-refractivity contribution in [1.82, 2.24) is 14.7 Å². The molecule has 0 N–H and O–H groups in total. The third kappa shape index (κ3) is 4.69. The predicted molar refractivity (Wildman–Crippen MR) is 134 cm³/mol. The Kier molecular flexibility index (Phi) is 6.13. The van der Waals surface area contributed by atoms with Gasteiger partial charge in [-0.3, -0.25) is 9.48 Å². The molecular weight excluding hydrogens is 467 g/mol. The molecule has 0 radical (unpaired) electrons. The Hall–Kier alpha value is -3.20. The zero-order chi connectivity index (χ0) is 24.7. The van der Waals surface area contributed by atoms with Crippen molar-refractivity contribution >= 4 is 21.4 Å². The molecule has 1 atom stereocenters. The Morgan fingerprint density at radius 2 is 1.74 bits per heavy atom. The Morgan fingerprint density at radius 1 is 1.00 bits per heavy atom. The Bertz CT molecular complexity index is 1380. The van der Waals surface area contributed by atoms with Crippen molar-refractivity contribution in [3.05, 3.63) is 71.2 Å². The topological polar surface area (TPSA) is 75.5 Å². The van der Waals surface area contributed by atoms with Crippen LogP contribution < -0.4 is 4.90 Å². The number of sulfone groups is 1. The number of anilines is 1. The van der Waals surface area contributed by atoms with Crippen molar-refractivity contribution < 1.29 is 17.6 Å². The Balaban J connectivity index is 1.41. The van der Waals surface area contributed by atoms with Crippen LogP contribution in [0.3, 0.4) is 0 Å². The van der Waals surface area contributed by atoms with Crippen LogP contribution in [0.2, 0.25) is 0 Å². The van der Waals surface area contributed by atoms with Crippen LogP contribution in [0.25, 0.3) is 11.3 Å². The molecule has 2 aliphatic heterocycles. The molecule has 1 aromatic heterocycles. The smallest absolute Gasteiger partial charge is 0.274 e. The van der Waals surface area contributed by atoms with Crippen molar-refractivity contribution in [2.45, 2.75) is 26.3 Å². The lowest BCUT2D eigenvalue weighted by Gasteiger charge is -2.35. The molecular formula is C26H29FN4O3S. The molecule has 1 amide bonds. The summed E-state index contributed by atoms with van der Waals surface area (Å²) in [6, 6.07) is 14.2. The van der Waals surface area contributed by atoms with Crippen molar-refractivity contribution in [2.24, 2.45) is 0 Å². The van der Waals surface area contributed by atoms with Gasteiger partial charge in [-0.25, -0.2) is 12.8 Å². The zero-order valence-electron chi connectivity index (χ0n) is 19.9. The van der Waals surface area contributed by atoms with E-state index in [1.807, 2.05) is 36.9 Å².